The van der Waals surface area contributed by atoms with Gasteiger partial charge in [-0.3, -0.25) is 4.79 Å². The SMILES string of the molecule is O=C(O)CC1(NC(=O)Nc2ccc(Br)cc2Br)CCC1. The summed E-state index contributed by atoms with van der Waals surface area (Å²) in [5.74, 6) is -0.894. The van der Waals surface area contributed by atoms with Gasteiger partial charge in [0.2, 0.25) is 0 Å². The third kappa shape index (κ3) is 3.73. The highest BCUT2D eigenvalue weighted by Crippen LogP contribution is 2.35. The number of hydrogen-bond donors (Lipinski definition) is 3. The molecule has 108 valence electrons. The quantitative estimate of drug-likeness (QED) is 0.713. The van der Waals surface area contributed by atoms with Crippen molar-refractivity contribution in [3.63, 3.8) is 0 Å². The van der Waals surface area contributed by atoms with Crippen LogP contribution in [-0.4, -0.2) is 22.6 Å². The molecule has 0 aliphatic heterocycles. The predicted octanol–water partition coefficient (Wildman–Crippen LogP) is 3.73. The summed E-state index contributed by atoms with van der Waals surface area (Å²) < 4.78 is 1.65. The third-order valence-electron chi connectivity index (χ3n) is 3.36. The van der Waals surface area contributed by atoms with Gasteiger partial charge in [-0.25, -0.2) is 4.79 Å². The number of rotatable bonds is 4. The van der Waals surface area contributed by atoms with Gasteiger partial charge in [0.25, 0.3) is 0 Å². The molecular formula is C13H14Br2N2O3. The molecule has 0 unspecified atom stereocenters. The molecule has 7 heteroatoms. The first kappa shape index (κ1) is 15.3. The summed E-state index contributed by atoms with van der Waals surface area (Å²) in [6, 6.07) is 5.02. The number of benzene rings is 1. The fraction of sp³-hybridized carbons (Fsp3) is 0.385. The number of carboxylic acid groups (broad SMARTS) is 1. The lowest BCUT2D eigenvalue weighted by Crippen LogP contribution is -2.55. The molecule has 0 bridgehead atoms. The van der Waals surface area contributed by atoms with Gasteiger partial charge in [0.15, 0.2) is 0 Å². The summed E-state index contributed by atoms with van der Waals surface area (Å²) in [6.07, 6.45) is 2.31. The lowest BCUT2D eigenvalue weighted by molar-refractivity contribution is -0.139. The van der Waals surface area contributed by atoms with E-state index in [0.717, 1.165) is 15.4 Å². The van der Waals surface area contributed by atoms with Crippen LogP contribution in [-0.2, 0) is 4.79 Å². The Bertz CT molecular complexity index is 544. The molecule has 1 aliphatic rings. The Hall–Kier alpha value is -1.08. The second-order valence-corrected chi connectivity index (χ2v) is 6.68. The summed E-state index contributed by atoms with van der Waals surface area (Å²) in [5.41, 5.74) is 0.0353. The highest BCUT2D eigenvalue weighted by molar-refractivity contribution is 9.11. The molecule has 3 N–H and O–H groups in total. The van der Waals surface area contributed by atoms with Crippen molar-refractivity contribution in [2.24, 2.45) is 0 Å². The van der Waals surface area contributed by atoms with Gasteiger partial charge in [-0.2, -0.15) is 0 Å². The fourth-order valence-electron chi connectivity index (χ4n) is 2.22. The molecule has 1 fully saturated rings. The van der Waals surface area contributed by atoms with E-state index in [-0.39, 0.29) is 12.5 Å². The van der Waals surface area contributed by atoms with Crippen molar-refractivity contribution >= 4 is 49.5 Å². The Morgan fingerprint density at radius 1 is 1.30 bits per heavy atom. The van der Waals surface area contributed by atoms with Gasteiger partial charge >= 0.3 is 12.0 Å². The molecule has 2 rings (SSSR count). The van der Waals surface area contributed by atoms with Crippen LogP contribution in [0.5, 0.6) is 0 Å². The van der Waals surface area contributed by atoms with Crippen molar-refractivity contribution < 1.29 is 14.7 Å². The molecule has 0 aromatic heterocycles. The number of carbonyl (C=O) groups is 2. The Labute approximate surface area is 133 Å². The lowest BCUT2D eigenvalue weighted by atomic mass is 9.74. The maximum absolute atomic E-state index is 12.0. The second kappa shape index (κ2) is 6.13. The van der Waals surface area contributed by atoms with Crippen molar-refractivity contribution in [2.45, 2.75) is 31.2 Å². The Balaban J connectivity index is 1.99. The zero-order chi connectivity index (χ0) is 14.8. The first-order valence-corrected chi connectivity index (χ1v) is 7.75. The van der Waals surface area contributed by atoms with Crippen LogP contribution >= 0.6 is 31.9 Å². The Kier molecular flexibility index (Phi) is 4.70. The molecule has 1 saturated carbocycles. The van der Waals surface area contributed by atoms with Crippen LogP contribution in [0.1, 0.15) is 25.7 Å². The van der Waals surface area contributed by atoms with Crippen molar-refractivity contribution in [1.29, 1.82) is 0 Å². The standard InChI is InChI=1S/C13H14Br2N2O3/c14-8-2-3-10(9(15)6-8)16-12(20)17-13(4-1-5-13)7-11(18)19/h2-3,6H,1,4-5,7H2,(H,18,19)(H2,16,17,20). The van der Waals surface area contributed by atoms with E-state index < -0.39 is 11.5 Å². The number of nitrogens with one attached hydrogen (secondary N) is 2. The van der Waals surface area contributed by atoms with Gasteiger partial charge in [-0.1, -0.05) is 15.9 Å². The highest BCUT2D eigenvalue weighted by atomic mass is 79.9. The molecule has 0 heterocycles. The number of carbonyl (C=O) groups excluding carboxylic acids is 1. The number of carboxylic acids is 1. The van der Waals surface area contributed by atoms with E-state index in [1.165, 1.54) is 0 Å². The molecule has 2 amide bonds. The topological polar surface area (TPSA) is 78.4 Å². The highest BCUT2D eigenvalue weighted by Gasteiger charge is 2.40. The van der Waals surface area contributed by atoms with Crippen LogP contribution in [0.3, 0.4) is 0 Å². The van der Waals surface area contributed by atoms with E-state index in [1.54, 1.807) is 6.07 Å². The fourth-order valence-corrected chi connectivity index (χ4v) is 3.37. The van der Waals surface area contributed by atoms with E-state index in [1.807, 2.05) is 12.1 Å². The molecule has 1 aromatic rings. The number of hydrogen-bond acceptors (Lipinski definition) is 2. The van der Waals surface area contributed by atoms with Crippen LogP contribution in [0.15, 0.2) is 27.1 Å². The second-order valence-electron chi connectivity index (χ2n) is 4.91. The first-order valence-electron chi connectivity index (χ1n) is 6.16. The minimum absolute atomic E-state index is 0.0398. The van der Waals surface area contributed by atoms with Crippen LogP contribution in [0.4, 0.5) is 10.5 Å². The zero-order valence-electron chi connectivity index (χ0n) is 10.6. The van der Waals surface area contributed by atoms with Crippen molar-refractivity contribution in [3.05, 3.63) is 27.1 Å². The minimum Gasteiger partial charge on any atom is -0.481 e. The molecule has 1 aliphatic carbocycles. The van der Waals surface area contributed by atoms with Crippen LogP contribution < -0.4 is 10.6 Å². The van der Waals surface area contributed by atoms with Crippen LogP contribution in [0.25, 0.3) is 0 Å². The number of urea groups is 1. The first-order chi connectivity index (χ1) is 9.40. The summed E-state index contributed by atoms with van der Waals surface area (Å²) in [6.45, 7) is 0. The normalized spacial score (nSPS) is 16.1. The summed E-state index contributed by atoms with van der Waals surface area (Å²) in [7, 11) is 0. The molecular weight excluding hydrogens is 392 g/mol. The summed E-state index contributed by atoms with van der Waals surface area (Å²) in [4.78, 5) is 22.8. The number of amides is 2. The van der Waals surface area contributed by atoms with Gasteiger partial charge in [0, 0.05) is 8.95 Å². The van der Waals surface area contributed by atoms with E-state index >= 15 is 0 Å². The number of aliphatic carboxylic acids is 1. The maximum Gasteiger partial charge on any atom is 0.319 e. The van der Waals surface area contributed by atoms with E-state index in [4.69, 9.17) is 5.11 Å². The van der Waals surface area contributed by atoms with Crippen LogP contribution in [0.2, 0.25) is 0 Å². The number of halogens is 2. The van der Waals surface area contributed by atoms with Crippen molar-refractivity contribution in [3.8, 4) is 0 Å². The monoisotopic (exact) mass is 404 g/mol. The van der Waals surface area contributed by atoms with Gasteiger partial charge in [-0.05, 0) is 53.4 Å². The van der Waals surface area contributed by atoms with Gasteiger partial charge in [0.1, 0.15) is 0 Å². The van der Waals surface area contributed by atoms with E-state index in [9.17, 15) is 9.59 Å². The average Bonchev–Trinajstić information content (AvgIpc) is 2.29. The maximum atomic E-state index is 12.0. The van der Waals surface area contributed by atoms with Crippen LogP contribution in [0, 0.1) is 0 Å². The molecule has 5 nitrogen and oxygen atoms in total. The molecule has 0 spiro atoms. The Morgan fingerprint density at radius 2 is 2.00 bits per heavy atom. The third-order valence-corrected chi connectivity index (χ3v) is 4.51. The molecule has 0 radical (unpaired) electrons. The Morgan fingerprint density at radius 3 is 2.50 bits per heavy atom. The number of anilines is 1. The molecule has 0 atom stereocenters. The summed E-state index contributed by atoms with van der Waals surface area (Å²) >= 11 is 6.70. The van der Waals surface area contributed by atoms with Gasteiger partial charge < -0.3 is 15.7 Å². The lowest BCUT2D eigenvalue weighted by Gasteiger charge is -2.41. The van der Waals surface area contributed by atoms with E-state index in [0.29, 0.717) is 18.5 Å². The smallest absolute Gasteiger partial charge is 0.319 e. The van der Waals surface area contributed by atoms with Gasteiger partial charge in [-0.15, -0.1) is 0 Å². The van der Waals surface area contributed by atoms with Crippen molar-refractivity contribution in [1.82, 2.24) is 5.32 Å². The van der Waals surface area contributed by atoms with Crippen molar-refractivity contribution in [2.75, 3.05) is 5.32 Å². The molecule has 1 aromatic carbocycles. The zero-order valence-corrected chi connectivity index (χ0v) is 13.8. The molecule has 0 saturated heterocycles. The average molecular weight is 406 g/mol. The van der Waals surface area contributed by atoms with Gasteiger partial charge in [0.05, 0.1) is 17.6 Å². The summed E-state index contributed by atoms with van der Waals surface area (Å²) in [5, 5.41) is 14.4. The predicted molar refractivity (Wildman–Crippen MR) is 82.8 cm³/mol. The van der Waals surface area contributed by atoms with E-state index in [2.05, 4.69) is 42.5 Å². The minimum atomic E-state index is -0.894. The largest absolute Gasteiger partial charge is 0.481 e. The molecule has 20 heavy (non-hydrogen) atoms.